The zero-order valence-corrected chi connectivity index (χ0v) is 13.9. The molecule has 0 unspecified atom stereocenters. The number of nitrogens with zero attached hydrogens (tertiary/aromatic N) is 3. The topological polar surface area (TPSA) is 53.5 Å². The van der Waals surface area contributed by atoms with E-state index in [4.69, 9.17) is 0 Å². The van der Waals surface area contributed by atoms with Crippen molar-refractivity contribution in [1.82, 2.24) is 14.8 Å². The van der Waals surface area contributed by atoms with E-state index in [0.29, 0.717) is 43.9 Å². The lowest BCUT2D eigenvalue weighted by Gasteiger charge is -2.22. The van der Waals surface area contributed by atoms with E-state index in [0.717, 1.165) is 0 Å². The molecule has 1 fully saturated rings. The van der Waals surface area contributed by atoms with Crippen LogP contribution in [0.3, 0.4) is 0 Å². The Bertz CT molecular complexity index is 751. The number of hydrogen-bond acceptors (Lipinski definition) is 3. The summed E-state index contributed by atoms with van der Waals surface area (Å²) in [6.07, 6.45) is 2.49. The average molecular weight is 341 g/mol. The maximum Gasteiger partial charge on any atom is 0.272 e. The van der Waals surface area contributed by atoms with Gasteiger partial charge in [-0.1, -0.05) is 18.2 Å². The minimum Gasteiger partial charge on any atom is -0.341 e. The molecule has 0 spiro atoms. The molecule has 1 aliphatic rings. The Balaban J connectivity index is 1.59. The third kappa shape index (κ3) is 4.41. The molecule has 0 N–H and O–H groups in total. The smallest absolute Gasteiger partial charge is 0.272 e. The molecule has 2 heterocycles. The van der Waals surface area contributed by atoms with E-state index in [1.807, 2.05) is 0 Å². The van der Waals surface area contributed by atoms with Crippen molar-refractivity contribution in [1.29, 1.82) is 0 Å². The molecule has 5 nitrogen and oxygen atoms in total. The molecular weight excluding hydrogens is 321 g/mol. The summed E-state index contributed by atoms with van der Waals surface area (Å²) in [7, 11) is 0. The second kappa shape index (κ2) is 7.88. The van der Waals surface area contributed by atoms with Crippen LogP contribution in [0.25, 0.3) is 0 Å². The second-order valence-corrected chi connectivity index (χ2v) is 6.05. The molecule has 1 aromatic heterocycles. The Labute approximate surface area is 146 Å². The highest BCUT2D eigenvalue weighted by Gasteiger charge is 2.23. The summed E-state index contributed by atoms with van der Waals surface area (Å²) >= 11 is 0. The molecule has 25 heavy (non-hydrogen) atoms. The van der Waals surface area contributed by atoms with Crippen LogP contribution in [-0.2, 0) is 11.2 Å². The number of carbonyl (C=O) groups is 2. The summed E-state index contributed by atoms with van der Waals surface area (Å²) in [5.41, 5.74) is 1.08. The number of amides is 2. The number of carbonyl (C=O) groups excluding carboxylic acids is 2. The van der Waals surface area contributed by atoms with E-state index in [2.05, 4.69) is 4.98 Å². The zero-order valence-electron chi connectivity index (χ0n) is 13.9. The number of benzene rings is 1. The molecule has 0 saturated carbocycles. The molecule has 0 radical (unpaired) electrons. The van der Waals surface area contributed by atoms with E-state index < -0.39 is 0 Å². The van der Waals surface area contributed by atoms with Crippen LogP contribution in [0.4, 0.5) is 4.39 Å². The monoisotopic (exact) mass is 341 g/mol. The molecule has 6 heteroatoms. The lowest BCUT2D eigenvalue weighted by Crippen LogP contribution is -2.38. The highest BCUT2D eigenvalue weighted by atomic mass is 19.1. The average Bonchev–Trinajstić information content (AvgIpc) is 2.88. The van der Waals surface area contributed by atoms with E-state index >= 15 is 0 Å². The molecule has 0 aliphatic carbocycles. The first-order valence-electron chi connectivity index (χ1n) is 8.36. The minimum absolute atomic E-state index is 0.0438. The summed E-state index contributed by atoms with van der Waals surface area (Å²) in [5, 5.41) is 0. The second-order valence-electron chi connectivity index (χ2n) is 6.05. The van der Waals surface area contributed by atoms with Gasteiger partial charge in [-0.2, -0.15) is 0 Å². The van der Waals surface area contributed by atoms with Gasteiger partial charge in [0.2, 0.25) is 5.91 Å². The Kier molecular flexibility index (Phi) is 5.38. The van der Waals surface area contributed by atoms with Gasteiger partial charge in [0.15, 0.2) is 0 Å². The number of hydrogen-bond donors (Lipinski definition) is 0. The van der Waals surface area contributed by atoms with Crippen LogP contribution in [-0.4, -0.2) is 52.8 Å². The van der Waals surface area contributed by atoms with Gasteiger partial charge in [-0.3, -0.25) is 14.6 Å². The molecule has 2 amide bonds. The van der Waals surface area contributed by atoms with Crippen molar-refractivity contribution in [2.24, 2.45) is 0 Å². The van der Waals surface area contributed by atoms with Crippen LogP contribution in [0.5, 0.6) is 0 Å². The summed E-state index contributed by atoms with van der Waals surface area (Å²) in [6, 6.07) is 11.3. The molecule has 1 aromatic carbocycles. The molecule has 130 valence electrons. The summed E-state index contributed by atoms with van der Waals surface area (Å²) in [5.74, 6) is -0.494. The molecule has 0 bridgehead atoms. The fourth-order valence-corrected chi connectivity index (χ4v) is 2.95. The number of pyridine rings is 1. The lowest BCUT2D eigenvalue weighted by atomic mass is 10.1. The van der Waals surface area contributed by atoms with Gasteiger partial charge in [-0.05, 0) is 36.2 Å². The lowest BCUT2D eigenvalue weighted by molar-refractivity contribution is -0.130. The van der Waals surface area contributed by atoms with Crippen LogP contribution in [0, 0.1) is 5.82 Å². The highest BCUT2D eigenvalue weighted by molar-refractivity contribution is 5.92. The van der Waals surface area contributed by atoms with Crippen molar-refractivity contribution in [2.45, 2.75) is 12.8 Å². The van der Waals surface area contributed by atoms with Gasteiger partial charge < -0.3 is 9.80 Å². The van der Waals surface area contributed by atoms with Gasteiger partial charge in [-0.25, -0.2) is 4.39 Å². The summed E-state index contributed by atoms with van der Waals surface area (Å²) < 4.78 is 13.3. The maximum atomic E-state index is 13.3. The van der Waals surface area contributed by atoms with Crippen LogP contribution in [0.15, 0.2) is 48.7 Å². The SMILES string of the molecule is O=C(Cc1cccc(F)c1)N1CCCN(C(=O)c2ccccn2)CC1. The fraction of sp³-hybridized carbons (Fsp3) is 0.316. The number of halogens is 1. The van der Waals surface area contributed by atoms with E-state index in [9.17, 15) is 14.0 Å². The van der Waals surface area contributed by atoms with Gasteiger partial charge in [0.05, 0.1) is 6.42 Å². The molecule has 1 aliphatic heterocycles. The predicted octanol–water partition coefficient (Wildman–Crippen LogP) is 2.14. The largest absolute Gasteiger partial charge is 0.341 e. The molecule has 0 atom stereocenters. The van der Waals surface area contributed by atoms with Gasteiger partial charge >= 0.3 is 0 Å². The van der Waals surface area contributed by atoms with Crippen molar-refractivity contribution >= 4 is 11.8 Å². The first-order chi connectivity index (χ1) is 12.1. The van der Waals surface area contributed by atoms with Crippen LogP contribution in [0.1, 0.15) is 22.5 Å². The number of rotatable bonds is 3. The third-order valence-electron chi connectivity index (χ3n) is 4.26. The van der Waals surface area contributed by atoms with E-state index in [-0.39, 0.29) is 24.1 Å². The predicted molar refractivity (Wildman–Crippen MR) is 91.4 cm³/mol. The molecular formula is C19H20FN3O2. The first-order valence-corrected chi connectivity index (χ1v) is 8.36. The zero-order chi connectivity index (χ0) is 17.6. The van der Waals surface area contributed by atoms with E-state index in [1.54, 1.807) is 46.3 Å². The van der Waals surface area contributed by atoms with E-state index in [1.165, 1.54) is 12.1 Å². The molecule has 2 aromatic rings. The number of aromatic nitrogens is 1. The fourth-order valence-electron chi connectivity index (χ4n) is 2.95. The molecule has 3 rings (SSSR count). The summed E-state index contributed by atoms with van der Waals surface area (Å²) in [4.78, 5) is 32.5. The van der Waals surface area contributed by atoms with Crippen molar-refractivity contribution in [3.05, 3.63) is 65.7 Å². The Morgan fingerprint density at radius 3 is 2.56 bits per heavy atom. The van der Waals surface area contributed by atoms with Gasteiger partial charge in [-0.15, -0.1) is 0 Å². The van der Waals surface area contributed by atoms with Crippen molar-refractivity contribution in [3.63, 3.8) is 0 Å². The quantitative estimate of drug-likeness (QED) is 0.859. The van der Waals surface area contributed by atoms with Crippen molar-refractivity contribution < 1.29 is 14.0 Å². The van der Waals surface area contributed by atoms with Crippen LogP contribution >= 0.6 is 0 Å². The van der Waals surface area contributed by atoms with Crippen LogP contribution < -0.4 is 0 Å². The maximum absolute atomic E-state index is 13.3. The minimum atomic E-state index is -0.340. The Morgan fingerprint density at radius 1 is 1.00 bits per heavy atom. The third-order valence-corrected chi connectivity index (χ3v) is 4.26. The van der Waals surface area contributed by atoms with Gasteiger partial charge in [0.25, 0.3) is 5.91 Å². The Hall–Kier alpha value is -2.76. The highest BCUT2D eigenvalue weighted by Crippen LogP contribution is 2.11. The normalized spacial score (nSPS) is 14.9. The van der Waals surface area contributed by atoms with Crippen molar-refractivity contribution in [2.75, 3.05) is 26.2 Å². The standard InChI is InChI=1S/C19H20FN3O2/c20-16-6-3-5-15(13-16)14-18(24)22-9-4-10-23(12-11-22)19(25)17-7-1-2-8-21-17/h1-3,5-8,13H,4,9-12,14H2. The van der Waals surface area contributed by atoms with Crippen molar-refractivity contribution in [3.8, 4) is 0 Å². The Morgan fingerprint density at radius 2 is 1.80 bits per heavy atom. The first kappa shape index (κ1) is 17.1. The van der Waals surface area contributed by atoms with Crippen LogP contribution in [0.2, 0.25) is 0 Å². The van der Waals surface area contributed by atoms with Gasteiger partial charge in [0, 0.05) is 32.4 Å². The van der Waals surface area contributed by atoms with Gasteiger partial charge in [0.1, 0.15) is 11.5 Å². The summed E-state index contributed by atoms with van der Waals surface area (Å²) in [6.45, 7) is 2.15. The molecule has 1 saturated heterocycles.